The average Bonchev–Trinajstić information content (AvgIpc) is 3.07. The van der Waals surface area contributed by atoms with Gasteiger partial charge in [-0.15, -0.1) is 0 Å². The van der Waals surface area contributed by atoms with Crippen molar-refractivity contribution < 1.29 is 18.8 Å². The van der Waals surface area contributed by atoms with Gasteiger partial charge in [-0.3, -0.25) is 4.79 Å². The van der Waals surface area contributed by atoms with Crippen LogP contribution in [0.5, 0.6) is 0 Å². The minimum atomic E-state index is -0.799. The van der Waals surface area contributed by atoms with Crippen LogP contribution >= 0.6 is 0 Å². The monoisotopic (exact) mass is 262 g/mol. The summed E-state index contributed by atoms with van der Waals surface area (Å²) < 4.78 is 10.4. The van der Waals surface area contributed by atoms with E-state index in [1.54, 1.807) is 12.1 Å². The number of nitrogens with zero attached hydrogens (tertiary/aromatic N) is 2. The predicted molar refractivity (Wildman–Crippen MR) is 64.3 cm³/mol. The number of aliphatic carboxylic acids is 1. The van der Waals surface area contributed by atoms with Gasteiger partial charge >= 0.3 is 5.97 Å². The Morgan fingerprint density at radius 2 is 2.32 bits per heavy atom. The third kappa shape index (κ3) is 2.14. The lowest BCUT2D eigenvalue weighted by Gasteiger charge is -2.09. The number of carbonyl (C=O) groups is 1. The Labute approximate surface area is 109 Å². The summed E-state index contributed by atoms with van der Waals surface area (Å²) in [6.45, 7) is 2.04. The van der Waals surface area contributed by atoms with E-state index in [2.05, 4.69) is 10.1 Å². The highest BCUT2D eigenvalue weighted by molar-refractivity contribution is 5.71. The molecule has 0 aromatic carbocycles. The summed E-state index contributed by atoms with van der Waals surface area (Å²) in [4.78, 5) is 15.5. The zero-order valence-corrected chi connectivity index (χ0v) is 10.4. The summed E-state index contributed by atoms with van der Waals surface area (Å²) in [6, 6.07) is 3.48. The van der Waals surface area contributed by atoms with Gasteiger partial charge in [-0.1, -0.05) is 12.1 Å². The van der Waals surface area contributed by atoms with E-state index in [4.69, 9.17) is 8.94 Å². The van der Waals surface area contributed by atoms with E-state index in [1.165, 1.54) is 6.26 Å². The number of hydrogen-bond acceptors (Lipinski definition) is 5. The first-order chi connectivity index (χ1) is 9.15. The Kier molecular flexibility index (Phi) is 2.85. The maximum atomic E-state index is 11.3. The molecule has 2 aromatic heterocycles. The Balaban J connectivity index is 1.88. The number of carboxylic acid groups (broad SMARTS) is 1. The molecule has 0 spiro atoms. The third-order valence-corrected chi connectivity index (χ3v) is 3.62. The molecule has 3 atom stereocenters. The second kappa shape index (κ2) is 4.53. The van der Waals surface area contributed by atoms with Crippen molar-refractivity contribution in [2.75, 3.05) is 0 Å². The second-order valence-electron chi connectivity index (χ2n) is 5.06. The van der Waals surface area contributed by atoms with Gasteiger partial charge in [0.25, 0.3) is 0 Å². The van der Waals surface area contributed by atoms with E-state index in [9.17, 15) is 9.90 Å². The Morgan fingerprint density at radius 1 is 1.47 bits per heavy atom. The minimum absolute atomic E-state index is 0.205. The summed E-state index contributed by atoms with van der Waals surface area (Å²) in [7, 11) is 0. The van der Waals surface area contributed by atoms with Crippen LogP contribution in [0.3, 0.4) is 0 Å². The Hall–Kier alpha value is -2.11. The molecule has 1 saturated carbocycles. The quantitative estimate of drug-likeness (QED) is 0.914. The molecule has 2 heterocycles. The molecule has 3 unspecified atom stereocenters. The van der Waals surface area contributed by atoms with Gasteiger partial charge in [-0.2, -0.15) is 4.98 Å². The van der Waals surface area contributed by atoms with E-state index >= 15 is 0 Å². The van der Waals surface area contributed by atoms with Crippen molar-refractivity contribution in [1.82, 2.24) is 10.1 Å². The molecule has 100 valence electrons. The Morgan fingerprint density at radius 3 is 3.00 bits per heavy atom. The van der Waals surface area contributed by atoms with E-state index < -0.39 is 11.9 Å². The van der Waals surface area contributed by atoms with Crippen LogP contribution in [0.25, 0.3) is 11.6 Å². The van der Waals surface area contributed by atoms with Crippen molar-refractivity contribution in [3.8, 4) is 11.6 Å². The molecule has 0 radical (unpaired) electrons. The van der Waals surface area contributed by atoms with Crippen molar-refractivity contribution >= 4 is 5.97 Å². The molecule has 1 fully saturated rings. The molecule has 0 bridgehead atoms. The molecule has 1 aliphatic carbocycles. The van der Waals surface area contributed by atoms with Crippen LogP contribution in [0.4, 0.5) is 0 Å². The fraction of sp³-hybridized carbons (Fsp3) is 0.462. The molecule has 6 heteroatoms. The molecule has 1 N–H and O–H groups in total. The highest BCUT2D eigenvalue weighted by atomic mass is 16.5. The lowest BCUT2D eigenvalue weighted by molar-refractivity contribution is -0.142. The maximum absolute atomic E-state index is 11.3. The summed E-state index contributed by atoms with van der Waals surface area (Å²) in [5, 5.41) is 13.1. The molecular weight excluding hydrogens is 248 g/mol. The predicted octanol–water partition coefficient (Wildman–Crippen LogP) is 2.54. The van der Waals surface area contributed by atoms with Crippen LogP contribution in [-0.2, 0) is 4.79 Å². The fourth-order valence-electron chi connectivity index (χ4n) is 2.73. The van der Waals surface area contributed by atoms with Crippen molar-refractivity contribution in [3.05, 3.63) is 24.3 Å². The van der Waals surface area contributed by atoms with E-state index in [-0.39, 0.29) is 5.92 Å². The summed E-state index contributed by atoms with van der Waals surface area (Å²) >= 11 is 0. The van der Waals surface area contributed by atoms with E-state index in [0.29, 0.717) is 29.8 Å². The number of hydrogen-bond donors (Lipinski definition) is 1. The number of rotatable bonds is 3. The van der Waals surface area contributed by atoms with E-state index in [1.807, 2.05) is 6.92 Å². The zero-order chi connectivity index (χ0) is 13.4. The molecule has 0 amide bonds. The van der Waals surface area contributed by atoms with Gasteiger partial charge in [0.1, 0.15) is 0 Å². The minimum Gasteiger partial charge on any atom is -0.481 e. The summed E-state index contributed by atoms with van der Waals surface area (Å²) in [5.74, 6) is 0.181. The van der Waals surface area contributed by atoms with Gasteiger partial charge in [0, 0.05) is 0 Å². The fourth-order valence-corrected chi connectivity index (χ4v) is 2.73. The van der Waals surface area contributed by atoms with Gasteiger partial charge in [0.2, 0.25) is 11.7 Å². The van der Waals surface area contributed by atoms with Gasteiger partial charge in [-0.05, 0) is 30.9 Å². The summed E-state index contributed by atoms with van der Waals surface area (Å²) in [6.07, 6.45) is 2.94. The van der Waals surface area contributed by atoms with Crippen molar-refractivity contribution in [2.24, 2.45) is 11.8 Å². The van der Waals surface area contributed by atoms with Crippen LogP contribution in [0, 0.1) is 11.8 Å². The first kappa shape index (κ1) is 12.0. The van der Waals surface area contributed by atoms with Gasteiger partial charge in [-0.25, -0.2) is 0 Å². The molecule has 0 aliphatic heterocycles. The lowest BCUT2D eigenvalue weighted by atomic mass is 9.96. The first-order valence-electron chi connectivity index (χ1n) is 6.25. The highest BCUT2D eigenvalue weighted by Gasteiger charge is 2.41. The van der Waals surface area contributed by atoms with Crippen LogP contribution in [-0.4, -0.2) is 21.2 Å². The second-order valence-corrected chi connectivity index (χ2v) is 5.06. The molecule has 3 rings (SSSR count). The number of carboxylic acids is 1. The first-order valence-corrected chi connectivity index (χ1v) is 6.25. The topological polar surface area (TPSA) is 89.4 Å². The van der Waals surface area contributed by atoms with Crippen molar-refractivity contribution in [3.63, 3.8) is 0 Å². The lowest BCUT2D eigenvalue weighted by Crippen LogP contribution is -2.17. The highest BCUT2D eigenvalue weighted by Crippen LogP contribution is 2.42. The molecule has 0 saturated heterocycles. The molecule has 2 aromatic rings. The van der Waals surface area contributed by atoms with Crippen LogP contribution in [0.2, 0.25) is 0 Å². The maximum Gasteiger partial charge on any atom is 0.307 e. The summed E-state index contributed by atoms with van der Waals surface area (Å²) in [5.41, 5.74) is 0. The number of furan rings is 1. The van der Waals surface area contributed by atoms with Crippen LogP contribution in [0.1, 0.15) is 31.6 Å². The average molecular weight is 262 g/mol. The third-order valence-electron chi connectivity index (χ3n) is 3.62. The smallest absolute Gasteiger partial charge is 0.307 e. The SMILES string of the molecule is CC1CC(C(=O)O)C(c2nc(-c3ccco3)no2)C1. The normalized spacial score (nSPS) is 26.7. The molecule has 19 heavy (non-hydrogen) atoms. The molecule has 1 aliphatic rings. The number of aromatic nitrogens is 2. The van der Waals surface area contributed by atoms with Crippen molar-refractivity contribution in [1.29, 1.82) is 0 Å². The van der Waals surface area contributed by atoms with Crippen LogP contribution in [0.15, 0.2) is 27.3 Å². The van der Waals surface area contributed by atoms with Gasteiger partial charge in [0.15, 0.2) is 5.76 Å². The van der Waals surface area contributed by atoms with Crippen LogP contribution < -0.4 is 0 Å². The Bertz CT molecular complexity index is 575. The van der Waals surface area contributed by atoms with Gasteiger partial charge in [0.05, 0.1) is 18.1 Å². The largest absolute Gasteiger partial charge is 0.481 e. The molecule has 6 nitrogen and oxygen atoms in total. The zero-order valence-electron chi connectivity index (χ0n) is 10.4. The van der Waals surface area contributed by atoms with Crippen molar-refractivity contribution in [2.45, 2.75) is 25.7 Å². The molecular formula is C13H14N2O4. The van der Waals surface area contributed by atoms with Gasteiger partial charge < -0.3 is 14.0 Å². The standard InChI is InChI=1S/C13H14N2O4/c1-7-5-8(9(6-7)13(16)17)12-14-11(15-19-12)10-3-2-4-18-10/h2-4,7-9H,5-6H2,1H3,(H,16,17). The van der Waals surface area contributed by atoms with E-state index in [0.717, 1.165) is 6.42 Å².